The van der Waals surface area contributed by atoms with E-state index in [-0.39, 0.29) is 24.6 Å². The van der Waals surface area contributed by atoms with Crippen LogP contribution in [0.5, 0.6) is 11.5 Å². The van der Waals surface area contributed by atoms with Gasteiger partial charge in [-0.1, -0.05) is 6.07 Å². The first-order valence-corrected chi connectivity index (χ1v) is 11.2. The van der Waals surface area contributed by atoms with E-state index >= 15 is 0 Å². The van der Waals surface area contributed by atoms with Crippen LogP contribution in [0.3, 0.4) is 0 Å². The molecule has 2 N–H and O–H groups in total. The Bertz CT molecular complexity index is 1130. The lowest BCUT2D eigenvalue weighted by Gasteiger charge is -2.28. The first kappa shape index (κ1) is 22.8. The average Bonchev–Trinajstić information content (AvgIpc) is 3.01. The average molecular weight is 458 g/mol. The van der Waals surface area contributed by atoms with Gasteiger partial charge in [-0.15, -0.1) is 0 Å². The molecule has 176 valence electrons. The lowest BCUT2D eigenvalue weighted by atomic mass is 10.1. The van der Waals surface area contributed by atoms with Crippen LogP contribution in [0, 0.1) is 5.82 Å². The number of ether oxygens (including phenoxy) is 1. The second kappa shape index (κ2) is 9.60. The molecule has 2 bridgehead atoms. The summed E-state index contributed by atoms with van der Waals surface area (Å²) in [5.74, 6) is -1.48. The highest BCUT2D eigenvalue weighted by Gasteiger charge is 2.31. The summed E-state index contributed by atoms with van der Waals surface area (Å²) in [7, 11) is 1.67. The summed E-state index contributed by atoms with van der Waals surface area (Å²) in [4.78, 5) is 44.6. The zero-order valence-corrected chi connectivity index (χ0v) is 18.5. The third kappa shape index (κ3) is 4.69. The predicted molar refractivity (Wildman–Crippen MR) is 116 cm³/mol. The number of fused-ring (bicyclic) bond motifs is 2. The van der Waals surface area contributed by atoms with Crippen molar-refractivity contribution in [3.05, 3.63) is 51.5 Å². The van der Waals surface area contributed by atoms with E-state index in [1.54, 1.807) is 11.9 Å². The Balaban J connectivity index is 1.77. The van der Waals surface area contributed by atoms with Crippen LogP contribution < -0.4 is 15.6 Å². The fourth-order valence-electron chi connectivity index (χ4n) is 4.27. The number of carbonyl (C=O) groups excluding carboxylic acids is 2. The molecule has 0 spiro atoms. The van der Waals surface area contributed by atoms with Gasteiger partial charge in [0.15, 0.2) is 5.69 Å². The van der Waals surface area contributed by atoms with Gasteiger partial charge in [-0.3, -0.25) is 19.0 Å². The molecule has 0 saturated heterocycles. The molecule has 0 aliphatic carbocycles. The van der Waals surface area contributed by atoms with Gasteiger partial charge in [0, 0.05) is 38.2 Å². The second-order valence-corrected chi connectivity index (χ2v) is 8.38. The monoisotopic (exact) mass is 458 g/mol. The molecule has 0 saturated carbocycles. The number of aromatic hydroxyl groups is 1. The quantitative estimate of drug-likeness (QED) is 0.626. The Morgan fingerprint density at radius 2 is 2.00 bits per heavy atom. The largest absolute Gasteiger partial charge is 0.501 e. The zero-order valence-electron chi connectivity index (χ0n) is 18.5. The fraction of sp³-hybridized carbons (Fsp3) is 0.478. The Hall–Kier alpha value is -3.43. The molecule has 2 aliphatic rings. The summed E-state index contributed by atoms with van der Waals surface area (Å²) >= 11 is 0. The number of benzene rings is 1. The number of halogens is 1. The third-order valence-corrected chi connectivity index (χ3v) is 6.17. The smallest absolute Gasteiger partial charge is 0.296 e. The van der Waals surface area contributed by atoms with Crippen LogP contribution in [0.2, 0.25) is 0 Å². The molecule has 33 heavy (non-hydrogen) atoms. The topological polar surface area (TPSA) is 114 Å². The summed E-state index contributed by atoms with van der Waals surface area (Å²) in [5.41, 5.74) is -0.558. The van der Waals surface area contributed by atoms with Crippen molar-refractivity contribution in [2.75, 3.05) is 13.7 Å². The standard InChI is InChI=1S/C23H27FN4O5/c1-27-16-6-2-4-10-28-21(16)26-19(20(30)23(28)32)22(31)25-13-14-8-9-15(24)12-17(14)33-11-5-3-7-18(27)29/h8-9,12,16,30H,2-7,10-11,13H2,1H3,(H,25,31). The Kier molecular flexibility index (Phi) is 6.62. The lowest BCUT2D eigenvalue weighted by Crippen LogP contribution is -2.37. The Morgan fingerprint density at radius 3 is 2.82 bits per heavy atom. The van der Waals surface area contributed by atoms with Gasteiger partial charge in [0.1, 0.15) is 17.4 Å². The summed E-state index contributed by atoms with van der Waals surface area (Å²) in [5, 5.41) is 13.1. The van der Waals surface area contributed by atoms with Crippen molar-refractivity contribution in [1.29, 1.82) is 0 Å². The van der Waals surface area contributed by atoms with Crippen LogP contribution in [0.1, 0.15) is 66.4 Å². The van der Waals surface area contributed by atoms with Crippen molar-refractivity contribution in [2.24, 2.45) is 0 Å². The van der Waals surface area contributed by atoms with E-state index < -0.39 is 34.8 Å². The molecule has 0 radical (unpaired) electrons. The highest BCUT2D eigenvalue weighted by molar-refractivity contribution is 5.94. The van der Waals surface area contributed by atoms with Gasteiger partial charge < -0.3 is 20.1 Å². The second-order valence-electron chi connectivity index (χ2n) is 8.38. The van der Waals surface area contributed by atoms with E-state index in [0.29, 0.717) is 50.2 Å². The SMILES string of the molecule is CN1C(=O)CCCCOc2cc(F)ccc2CNC(=O)c2nc3n(c(=O)c2O)CCCCC31. The maximum absolute atomic E-state index is 13.7. The minimum Gasteiger partial charge on any atom is -0.501 e. The molecule has 10 heteroatoms. The summed E-state index contributed by atoms with van der Waals surface area (Å²) in [6.45, 7) is 0.646. The van der Waals surface area contributed by atoms with E-state index in [1.165, 1.54) is 22.8 Å². The summed E-state index contributed by atoms with van der Waals surface area (Å²) in [6.07, 6.45) is 3.53. The van der Waals surface area contributed by atoms with Gasteiger partial charge >= 0.3 is 0 Å². The number of hydrogen-bond acceptors (Lipinski definition) is 6. The first-order valence-electron chi connectivity index (χ1n) is 11.2. The van der Waals surface area contributed by atoms with E-state index in [2.05, 4.69) is 10.3 Å². The summed E-state index contributed by atoms with van der Waals surface area (Å²) < 4.78 is 20.8. The number of nitrogens with zero attached hydrogens (tertiary/aromatic N) is 3. The molecule has 1 aromatic heterocycles. The number of aromatic nitrogens is 2. The number of nitrogens with one attached hydrogen (secondary N) is 1. The van der Waals surface area contributed by atoms with Gasteiger partial charge in [-0.05, 0) is 38.2 Å². The Labute approximate surface area is 190 Å². The van der Waals surface area contributed by atoms with Crippen molar-refractivity contribution in [3.8, 4) is 11.5 Å². The van der Waals surface area contributed by atoms with Crippen molar-refractivity contribution in [3.63, 3.8) is 0 Å². The molecule has 1 atom stereocenters. The van der Waals surface area contributed by atoms with Crippen LogP contribution in [0.15, 0.2) is 23.0 Å². The molecule has 4 rings (SSSR count). The molecule has 2 aliphatic heterocycles. The van der Waals surface area contributed by atoms with E-state index in [4.69, 9.17) is 4.74 Å². The van der Waals surface area contributed by atoms with Gasteiger partial charge in [0.2, 0.25) is 11.7 Å². The maximum atomic E-state index is 13.7. The van der Waals surface area contributed by atoms with E-state index in [0.717, 1.165) is 6.42 Å². The van der Waals surface area contributed by atoms with Crippen LogP contribution in [0.4, 0.5) is 4.39 Å². The van der Waals surface area contributed by atoms with Crippen LogP contribution in [-0.4, -0.2) is 45.0 Å². The molecule has 1 unspecified atom stereocenters. The minimum atomic E-state index is -0.743. The third-order valence-electron chi connectivity index (χ3n) is 6.17. The molecule has 1 aromatic carbocycles. The highest BCUT2D eigenvalue weighted by atomic mass is 19.1. The van der Waals surface area contributed by atoms with Gasteiger partial charge in [0.05, 0.1) is 12.6 Å². The van der Waals surface area contributed by atoms with E-state index in [9.17, 15) is 23.9 Å². The lowest BCUT2D eigenvalue weighted by molar-refractivity contribution is -0.132. The molecule has 3 heterocycles. The van der Waals surface area contributed by atoms with Crippen LogP contribution in [0.25, 0.3) is 0 Å². The van der Waals surface area contributed by atoms with Crippen LogP contribution in [-0.2, 0) is 17.9 Å². The zero-order chi connectivity index (χ0) is 23.5. The molecule has 0 fully saturated rings. The predicted octanol–water partition coefficient (Wildman–Crippen LogP) is 2.26. The summed E-state index contributed by atoms with van der Waals surface area (Å²) in [6, 6.07) is 3.52. The molecule has 2 amide bonds. The molecular weight excluding hydrogens is 431 g/mol. The highest BCUT2D eigenvalue weighted by Crippen LogP contribution is 2.29. The molecule has 9 nitrogen and oxygen atoms in total. The van der Waals surface area contributed by atoms with Gasteiger partial charge in [-0.25, -0.2) is 9.37 Å². The van der Waals surface area contributed by atoms with Crippen molar-refractivity contribution < 1.29 is 23.8 Å². The fourth-order valence-corrected chi connectivity index (χ4v) is 4.27. The maximum Gasteiger partial charge on any atom is 0.296 e. The van der Waals surface area contributed by atoms with Crippen molar-refractivity contribution in [2.45, 2.75) is 57.7 Å². The van der Waals surface area contributed by atoms with Gasteiger partial charge in [0.25, 0.3) is 11.5 Å². The molecule has 2 aromatic rings. The van der Waals surface area contributed by atoms with Gasteiger partial charge in [-0.2, -0.15) is 0 Å². The normalized spacial score (nSPS) is 19.8. The molecular formula is C23H27FN4O5. The minimum absolute atomic E-state index is 0.00416. The number of hydrogen-bond donors (Lipinski definition) is 2. The van der Waals surface area contributed by atoms with Crippen molar-refractivity contribution in [1.82, 2.24) is 19.8 Å². The van der Waals surface area contributed by atoms with E-state index in [1.807, 2.05) is 0 Å². The Morgan fingerprint density at radius 1 is 1.18 bits per heavy atom. The number of carbonyl (C=O) groups is 2. The first-order chi connectivity index (χ1) is 15.9. The number of amides is 2. The van der Waals surface area contributed by atoms with Crippen LogP contribution >= 0.6 is 0 Å². The van der Waals surface area contributed by atoms with Crippen molar-refractivity contribution >= 4 is 11.8 Å². The number of rotatable bonds is 0.